The maximum absolute atomic E-state index is 12.4. The summed E-state index contributed by atoms with van der Waals surface area (Å²) in [6.07, 6.45) is 3.42. The molecule has 30 heavy (non-hydrogen) atoms. The van der Waals surface area contributed by atoms with Crippen LogP contribution in [0.5, 0.6) is 5.75 Å². The lowest BCUT2D eigenvalue weighted by atomic mass is 10.1. The zero-order valence-electron chi connectivity index (χ0n) is 17.6. The molecule has 0 spiro atoms. The van der Waals surface area contributed by atoms with Gasteiger partial charge in [-0.05, 0) is 68.3 Å². The van der Waals surface area contributed by atoms with Gasteiger partial charge in [0.15, 0.2) is 0 Å². The van der Waals surface area contributed by atoms with Gasteiger partial charge in [0.1, 0.15) is 11.9 Å². The molecule has 162 valence electrons. The molecule has 1 saturated heterocycles. The van der Waals surface area contributed by atoms with Gasteiger partial charge >= 0.3 is 0 Å². The van der Waals surface area contributed by atoms with Crippen molar-refractivity contribution >= 4 is 21.6 Å². The standard InChI is InChI=1S/C22H29N3O4S/c1-16-14-18(6-9-21(16)24-30(3,27)28)22(26)23-15-17-4-7-19(8-5-17)29-20-10-12-25(2)13-11-20/h4-9,14,20,24H,10-13,15H2,1-3H3,(H,23,26). The summed E-state index contributed by atoms with van der Waals surface area (Å²) in [6, 6.07) is 12.7. The van der Waals surface area contributed by atoms with E-state index in [1.54, 1.807) is 25.1 Å². The zero-order valence-corrected chi connectivity index (χ0v) is 18.5. The number of ether oxygens (including phenoxy) is 1. The van der Waals surface area contributed by atoms with Crippen LogP contribution in [-0.4, -0.2) is 51.7 Å². The van der Waals surface area contributed by atoms with Gasteiger partial charge in [-0.15, -0.1) is 0 Å². The molecule has 1 amide bonds. The summed E-state index contributed by atoms with van der Waals surface area (Å²) in [6.45, 7) is 4.27. The maximum atomic E-state index is 12.4. The second kappa shape index (κ2) is 9.49. The molecule has 1 aliphatic rings. The van der Waals surface area contributed by atoms with E-state index >= 15 is 0 Å². The van der Waals surface area contributed by atoms with Crippen LogP contribution >= 0.6 is 0 Å². The number of hydrogen-bond donors (Lipinski definition) is 2. The number of likely N-dealkylation sites (tertiary alicyclic amines) is 1. The van der Waals surface area contributed by atoms with E-state index in [-0.39, 0.29) is 12.0 Å². The highest BCUT2D eigenvalue weighted by Gasteiger charge is 2.18. The number of piperidine rings is 1. The van der Waals surface area contributed by atoms with Crippen molar-refractivity contribution in [3.63, 3.8) is 0 Å². The number of anilines is 1. The third kappa shape index (κ3) is 6.47. The van der Waals surface area contributed by atoms with Crippen molar-refractivity contribution in [3.8, 4) is 5.75 Å². The van der Waals surface area contributed by atoms with Gasteiger partial charge < -0.3 is 15.0 Å². The topological polar surface area (TPSA) is 87.7 Å². The van der Waals surface area contributed by atoms with E-state index < -0.39 is 10.0 Å². The van der Waals surface area contributed by atoms with Crippen molar-refractivity contribution in [2.75, 3.05) is 31.1 Å². The van der Waals surface area contributed by atoms with Crippen molar-refractivity contribution in [1.29, 1.82) is 0 Å². The van der Waals surface area contributed by atoms with Crippen molar-refractivity contribution < 1.29 is 17.9 Å². The minimum absolute atomic E-state index is 0.212. The number of aryl methyl sites for hydroxylation is 1. The van der Waals surface area contributed by atoms with Crippen LogP contribution in [0.4, 0.5) is 5.69 Å². The minimum Gasteiger partial charge on any atom is -0.490 e. The Morgan fingerprint density at radius 3 is 2.40 bits per heavy atom. The summed E-state index contributed by atoms with van der Waals surface area (Å²) in [5, 5.41) is 2.89. The van der Waals surface area contributed by atoms with Gasteiger partial charge in [0, 0.05) is 25.2 Å². The summed E-state index contributed by atoms with van der Waals surface area (Å²) in [5.74, 6) is 0.639. The molecule has 1 aliphatic heterocycles. The smallest absolute Gasteiger partial charge is 0.251 e. The molecular weight excluding hydrogens is 402 g/mol. The largest absolute Gasteiger partial charge is 0.490 e. The average molecular weight is 432 g/mol. The number of carbonyl (C=O) groups excluding carboxylic acids is 1. The van der Waals surface area contributed by atoms with Crippen LogP contribution in [0.15, 0.2) is 42.5 Å². The summed E-state index contributed by atoms with van der Waals surface area (Å²) >= 11 is 0. The zero-order chi connectivity index (χ0) is 21.7. The predicted octanol–water partition coefficient (Wildman–Crippen LogP) is 2.77. The molecule has 3 rings (SSSR count). The van der Waals surface area contributed by atoms with Crippen LogP contribution in [0.2, 0.25) is 0 Å². The van der Waals surface area contributed by atoms with Crippen molar-refractivity contribution in [2.24, 2.45) is 0 Å². The molecule has 0 atom stereocenters. The van der Waals surface area contributed by atoms with Crippen molar-refractivity contribution in [2.45, 2.75) is 32.4 Å². The Kier molecular flexibility index (Phi) is 6.99. The Morgan fingerprint density at radius 1 is 1.13 bits per heavy atom. The Morgan fingerprint density at radius 2 is 1.80 bits per heavy atom. The Labute approximate surface area is 178 Å². The fourth-order valence-electron chi connectivity index (χ4n) is 3.38. The number of carbonyl (C=O) groups is 1. The maximum Gasteiger partial charge on any atom is 0.251 e. The fraction of sp³-hybridized carbons (Fsp3) is 0.409. The van der Waals surface area contributed by atoms with E-state index in [1.807, 2.05) is 24.3 Å². The Hall–Kier alpha value is -2.58. The van der Waals surface area contributed by atoms with E-state index in [2.05, 4.69) is 22.0 Å². The number of amides is 1. The van der Waals surface area contributed by atoms with E-state index in [1.165, 1.54) is 0 Å². The van der Waals surface area contributed by atoms with Crippen molar-refractivity contribution in [3.05, 3.63) is 59.2 Å². The second-order valence-corrected chi connectivity index (χ2v) is 9.60. The normalized spacial score (nSPS) is 15.6. The van der Waals surface area contributed by atoms with Gasteiger partial charge in [-0.25, -0.2) is 8.42 Å². The van der Waals surface area contributed by atoms with E-state index in [0.29, 0.717) is 23.4 Å². The first-order valence-electron chi connectivity index (χ1n) is 10.0. The lowest BCUT2D eigenvalue weighted by molar-refractivity contribution is 0.0951. The Balaban J connectivity index is 1.52. The van der Waals surface area contributed by atoms with E-state index in [0.717, 1.165) is 43.5 Å². The van der Waals surface area contributed by atoms with Gasteiger partial charge in [0.05, 0.1) is 11.9 Å². The summed E-state index contributed by atoms with van der Waals surface area (Å²) < 4.78 is 31.2. The highest BCUT2D eigenvalue weighted by atomic mass is 32.2. The van der Waals surface area contributed by atoms with Gasteiger partial charge in [0.25, 0.3) is 5.91 Å². The van der Waals surface area contributed by atoms with Crippen LogP contribution in [0.25, 0.3) is 0 Å². The molecule has 1 heterocycles. The summed E-state index contributed by atoms with van der Waals surface area (Å²) in [4.78, 5) is 14.8. The average Bonchev–Trinajstić information content (AvgIpc) is 2.69. The predicted molar refractivity (Wildman–Crippen MR) is 118 cm³/mol. The van der Waals surface area contributed by atoms with Crippen LogP contribution in [-0.2, 0) is 16.6 Å². The lowest BCUT2D eigenvalue weighted by Crippen LogP contribution is -2.35. The third-order valence-corrected chi connectivity index (χ3v) is 5.72. The Bertz CT molecular complexity index is 982. The molecule has 2 aromatic rings. The lowest BCUT2D eigenvalue weighted by Gasteiger charge is -2.29. The molecule has 8 heteroatoms. The molecule has 0 radical (unpaired) electrons. The van der Waals surface area contributed by atoms with Crippen LogP contribution in [0.3, 0.4) is 0 Å². The van der Waals surface area contributed by atoms with Crippen LogP contribution in [0, 0.1) is 6.92 Å². The molecule has 7 nitrogen and oxygen atoms in total. The highest BCUT2D eigenvalue weighted by Crippen LogP contribution is 2.20. The van der Waals surface area contributed by atoms with E-state index in [4.69, 9.17) is 4.74 Å². The SMILES string of the molecule is Cc1cc(C(=O)NCc2ccc(OC3CCN(C)CC3)cc2)ccc1NS(C)(=O)=O. The number of rotatable bonds is 7. The molecule has 0 unspecified atom stereocenters. The first-order chi connectivity index (χ1) is 14.2. The molecule has 1 fully saturated rings. The third-order valence-electron chi connectivity index (χ3n) is 5.13. The minimum atomic E-state index is -3.36. The number of sulfonamides is 1. The second-order valence-electron chi connectivity index (χ2n) is 7.85. The molecular formula is C22H29N3O4S. The van der Waals surface area contributed by atoms with Gasteiger partial charge in [-0.3, -0.25) is 9.52 Å². The number of benzene rings is 2. The molecule has 0 aromatic heterocycles. The molecule has 0 aliphatic carbocycles. The quantitative estimate of drug-likeness (QED) is 0.704. The van der Waals surface area contributed by atoms with Crippen LogP contribution < -0.4 is 14.8 Å². The highest BCUT2D eigenvalue weighted by molar-refractivity contribution is 7.92. The summed E-state index contributed by atoms with van der Waals surface area (Å²) in [7, 11) is -1.23. The van der Waals surface area contributed by atoms with Gasteiger partial charge in [-0.2, -0.15) is 0 Å². The molecule has 2 aromatic carbocycles. The first kappa shape index (κ1) is 22.1. The van der Waals surface area contributed by atoms with Crippen LogP contribution in [0.1, 0.15) is 34.3 Å². The number of nitrogens with one attached hydrogen (secondary N) is 2. The van der Waals surface area contributed by atoms with Gasteiger partial charge in [-0.1, -0.05) is 12.1 Å². The summed E-state index contributed by atoms with van der Waals surface area (Å²) in [5.41, 5.74) is 2.61. The monoisotopic (exact) mass is 431 g/mol. The number of nitrogens with zero attached hydrogens (tertiary/aromatic N) is 1. The van der Waals surface area contributed by atoms with Gasteiger partial charge in [0.2, 0.25) is 10.0 Å². The number of hydrogen-bond acceptors (Lipinski definition) is 5. The molecule has 0 saturated carbocycles. The first-order valence-corrected chi connectivity index (χ1v) is 11.9. The molecule has 2 N–H and O–H groups in total. The fourth-order valence-corrected chi connectivity index (χ4v) is 4.01. The molecule has 0 bridgehead atoms. The van der Waals surface area contributed by atoms with E-state index in [9.17, 15) is 13.2 Å². The van der Waals surface area contributed by atoms with Crippen molar-refractivity contribution in [1.82, 2.24) is 10.2 Å².